The van der Waals surface area contributed by atoms with Crippen LogP contribution in [0.5, 0.6) is 11.5 Å². The third-order valence-electron chi connectivity index (χ3n) is 5.63. The molecule has 0 aliphatic carbocycles. The summed E-state index contributed by atoms with van der Waals surface area (Å²) in [5.41, 5.74) is 2.05. The summed E-state index contributed by atoms with van der Waals surface area (Å²) < 4.78 is 15.8. The van der Waals surface area contributed by atoms with Gasteiger partial charge in [-0.3, -0.25) is 9.59 Å². The van der Waals surface area contributed by atoms with Crippen molar-refractivity contribution in [2.24, 2.45) is 5.92 Å². The summed E-state index contributed by atoms with van der Waals surface area (Å²) in [7, 11) is 4.69. The number of carbonyl (C=O) groups is 2. The molecule has 2 aromatic carbocycles. The van der Waals surface area contributed by atoms with Crippen LogP contribution in [0.1, 0.15) is 23.5 Å². The maximum Gasteiger partial charge on any atom is 0.248 e. The predicted octanol–water partition coefficient (Wildman–Crippen LogP) is 2.60. The first kappa shape index (κ1) is 22.6. The number of hydrogen-bond donors (Lipinski definition) is 1. The van der Waals surface area contributed by atoms with Crippen molar-refractivity contribution in [3.05, 3.63) is 59.7 Å². The van der Waals surface area contributed by atoms with Crippen LogP contribution in [-0.4, -0.2) is 57.7 Å². The van der Waals surface area contributed by atoms with E-state index in [2.05, 4.69) is 5.32 Å². The quantitative estimate of drug-likeness (QED) is 0.702. The third kappa shape index (κ3) is 5.76. The maximum absolute atomic E-state index is 13.0. The van der Waals surface area contributed by atoms with Crippen molar-refractivity contribution in [3.63, 3.8) is 0 Å². The van der Waals surface area contributed by atoms with Gasteiger partial charge in [0.25, 0.3) is 0 Å². The van der Waals surface area contributed by atoms with Crippen LogP contribution < -0.4 is 14.8 Å². The number of piperidine rings is 1. The highest BCUT2D eigenvalue weighted by Gasteiger charge is 2.34. The van der Waals surface area contributed by atoms with Gasteiger partial charge in [-0.1, -0.05) is 36.4 Å². The van der Waals surface area contributed by atoms with Crippen LogP contribution in [0.2, 0.25) is 0 Å². The molecule has 0 bridgehead atoms. The van der Waals surface area contributed by atoms with Crippen molar-refractivity contribution in [3.8, 4) is 11.5 Å². The van der Waals surface area contributed by atoms with Crippen LogP contribution in [-0.2, 0) is 20.9 Å². The summed E-state index contributed by atoms with van der Waals surface area (Å²) >= 11 is 0. The number of likely N-dealkylation sites (tertiary alicyclic amines) is 1. The summed E-state index contributed by atoms with van der Waals surface area (Å²) in [5.74, 6) is 0.799. The van der Waals surface area contributed by atoms with E-state index in [0.717, 1.165) is 11.1 Å². The lowest BCUT2D eigenvalue weighted by Crippen LogP contribution is -2.48. The second-order valence-electron chi connectivity index (χ2n) is 7.68. The van der Waals surface area contributed by atoms with E-state index in [1.807, 2.05) is 48.5 Å². The zero-order chi connectivity index (χ0) is 22.2. The van der Waals surface area contributed by atoms with Gasteiger partial charge in [-0.2, -0.15) is 0 Å². The summed E-state index contributed by atoms with van der Waals surface area (Å²) in [4.78, 5) is 27.3. The van der Waals surface area contributed by atoms with E-state index >= 15 is 0 Å². The first-order valence-electron chi connectivity index (χ1n) is 10.4. The Balaban J connectivity index is 1.77. The van der Waals surface area contributed by atoms with E-state index in [1.54, 1.807) is 19.1 Å². The Morgan fingerprint density at radius 1 is 1.00 bits per heavy atom. The third-order valence-corrected chi connectivity index (χ3v) is 5.63. The van der Waals surface area contributed by atoms with Crippen LogP contribution in [0.25, 0.3) is 0 Å². The van der Waals surface area contributed by atoms with Crippen molar-refractivity contribution < 1.29 is 23.8 Å². The summed E-state index contributed by atoms with van der Waals surface area (Å²) in [6, 6.07) is 15.5. The van der Waals surface area contributed by atoms with Gasteiger partial charge < -0.3 is 24.4 Å². The van der Waals surface area contributed by atoms with Gasteiger partial charge >= 0.3 is 0 Å². The number of nitrogens with one attached hydrogen (secondary N) is 1. The molecule has 1 saturated heterocycles. The number of amides is 2. The SMILES string of the molecule is COCC(=O)N1C[C@H](C(=O)NCc2ccccc2)C[C@H](c2ccc(OC)c(OC)c2)C1. The number of ether oxygens (including phenoxy) is 3. The van der Waals surface area contributed by atoms with Gasteiger partial charge in [-0.25, -0.2) is 0 Å². The molecule has 0 unspecified atom stereocenters. The molecule has 2 aromatic rings. The Bertz CT molecular complexity index is 887. The Labute approximate surface area is 183 Å². The number of nitrogens with zero attached hydrogens (tertiary/aromatic N) is 1. The zero-order valence-corrected chi connectivity index (χ0v) is 18.3. The van der Waals surface area contributed by atoms with Gasteiger partial charge in [0.05, 0.1) is 20.1 Å². The monoisotopic (exact) mass is 426 g/mol. The minimum Gasteiger partial charge on any atom is -0.493 e. The second-order valence-corrected chi connectivity index (χ2v) is 7.68. The molecule has 166 valence electrons. The topological polar surface area (TPSA) is 77.1 Å². The van der Waals surface area contributed by atoms with Crippen molar-refractivity contribution >= 4 is 11.8 Å². The number of rotatable bonds is 8. The van der Waals surface area contributed by atoms with Crippen LogP contribution in [0.4, 0.5) is 0 Å². The fraction of sp³-hybridized carbons (Fsp3) is 0.417. The van der Waals surface area contributed by atoms with Crippen molar-refractivity contribution in [1.82, 2.24) is 10.2 Å². The second kappa shape index (κ2) is 10.8. The highest BCUT2D eigenvalue weighted by molar-refractivity contribution is 5.82. The normalized spacial score (nSPS) is 18.4. The number of carbonyl (C=O) groups excluding carboxylic acids is 2. The van der Waals surface area contributed by atoms with E-state index in [-0.39, 0.29) is 30.3 Å². The lowest BCUT2D eigenvalue weighted by Gasteiger charge is -2.37. The minimum atomic E-state index is -0.309. The van der Waals surface area contributed by atoms with Crippen LogP contribution in [0, 0.1) is 5.92 Å². The van der Waals surface area contributed by atoms with Crippen molar-refractivity contribution in [1.29, 1.82) is 0 Å². The Morgan fingerprint density at radius 3 is 2.42 bits per heavy atom. The molecule has 0 aromatic heterocycles. The van der Waals surface area contributed by atoms with Gasteiger partial charge in [-0.15, -0.1) is 0 Å². The Hall–Kier alpha value is -3.06. The lowest BCUT2D eigenvalue weighted by atomic mass is 9.83. The van der Waals surface area contributed by atoms with Crippen molar-refractivity contribution in [2.75, 3.05) is 41.0 Å². The molecule has 0 radical (unpaired) electrons. The molecule has 1 aliphatic rings. The minimum absolute atomic E-state index is 0.00170. The molecule has 2 atom stereocenters. The van der Waals surface area contributed by atoms with Gasteiger partial charge in [0.1, 0.15) is 6.61 Å². The molecule has 1 fully saturated rings. The molecule has 3 rings (SSSR count). The smallest absolute Gasteiger partial charge is 0.248 e. The molecule has 1 heterocycles. The lowest BCUT2D eigenvalue weighted by molar-refractivity contribution is -0.139. The van der Waals surface area contributed by atoms with Gasteiger partial charge in [-0.05, 0) is 29.7 Å². The molecule has 7 nitrogen and oxygen atoms in total. The van der Waals surface area contributed by atoms with E-state index in [0.29, 0.717) is 37.6 Å². The fourth-order valence-electron chi connectivity index (χ4n) is 3.99. The molecular formula is C24H30N2O5. The van der Waals surface area contributed by atoms with E-state index in [9.17, 15) is 9.59 Å². The summed E-state index contributed by atoms with van der Waals surface area (Å²) in [6.07, 6.45) is 0.646. The zero-order valence-electron chi connectivity index (χ0n) is 18.3. The molecule has 0 saturated carbocycles. The molecule has 1 aliphatic heterocycles. The van der Waals surface area contributed by atoms with Crippen LogP contribution in [0.15, 0.2) is 48.5 Å². The Kier molecular flexibility index (Phi) is 7.89. The molecule has 7 heteroatoms. The molecule has 0 spiro atoms. The van der Waals surface area contributed by atoms with Crippen LogP contribution in [0.3, 0.4) is 0 Å². The molecular weight excluding hydrogens is 396 g/mol. The molecule has 31 heavy (non-hydrogen) atoms. The first-order chi connectivity index (χ1) is 15.0. The number of benzene rings is 2. The van der Waals surface area contributed by atoms with Gasteiger partial charge in [0, 0.05) is 32.7 Å². The largest absolute Gasteiger partial charge is 0.493 e. The standard InChI is InChI=1S/C24H30N2O5/c1-29-16-23(27)26-14-19(18-9-10-21(30-2)22(12-18)31-3)11-20(15-26)24(28)25-13-17-7-5-4-6-8-17/h4-10,12,19-20H,11,13-16H2,1-3H3,(H,25,28)/t19-,20+/m0/s1. The van der Waals surface area contributed by atoms with Crippen LogP contribution >= 0.6 is 0 Å². The Morgan fingerprint density at radius 2 is 1.74 bits per heavy atom. The fourth-order valence-corrected chi connectivity index (χ4v) is 3.99. The molecule has 2 amide bonds. The molecule has 1 N–H and O–H groups in total. The summed E-state index contributed by atoms with van der Waals surface area (Å²) in [5, 5.41) is 3.02. The average Bonchev–Trinajstić information content (AvgIpc) is 2.82. The van der Waals surface area contributed by atoms with E-state index in [1.165, 1.54) is 7.11 Å². The average molecular weight is 427 g/mol. The van der Waals surface area contributed by atoms with E-state index < -0.39 is 0 Å². The van der Waals surface area contributed by atoms with Crippen molar-refractivity contribution in [2.45, 2.75) is 18.9 Å². The predicted molar refractivity (Wildman–Crippen MR) is 117 cm³/mol. The number of methoxy groups -OCH3 is 3. The highest BCUT2D eigenvalue weighted by atomic mass is 16.5. The number of hydrogen-bond acceptors (Lipinski definition) is 5. The maximum atomic E-state index is 13.0. The van der Waals surface area contributed by atoms with Gasteiger partial charge in [0.2, 0.25) is 11.8 Å². The van der Waals surface area contributed by atoms with Gasteiger partial charge in [0.15, 0.2) is 11.5 Å². The highest BCUT2D eigenvalue weighted by Crippen LogP contribution is 2.36. The summed E-state index contributed by atoms with van der Waals surface area (Å²) in [6.45, 7) is 1.37. The van der Waals surface area contributed by atoms with E-state index in [4.69, 9.17) is 14.2 Å². The first-order valence-corrected chi connectivity index (χ1v) is 10.4.